The van der Waals surface area contributed by atoms with Gasteiger partial charge in [-0.3, -0.25) is 4.79 Å². The molecule has 0 radical (unpaired) electrons. The average Bonchev–Trinajstić information content (AvgIpc) is 2.39. The highest BCUT2D eigenvalue weighted by molar-refractivity contribution is 5.71. The first-order valence-electron chi connectivity index (χ1n) is 6.00. The Morgan fingerprint density at radius 3 is 2.41 bits per heavy atom. The van der Waals surface area contributed by atoms with E-state index in [9.17, 15) is 9.59 Å². The second-order valence-corrected chi connectivity index (χ2v) is 5.43. The summed E-state index contributed by atoms with van der Waals surface area (Å²) in [6, 6.07) is 0. The third-order valence-corrected chi connectivity index (χ3v) is 2.73. The number of carbonyl (C=O) groups excluding carboxylic acids is 1. The van der Waals surface area contributed by atoms with Crippen LogP contribution < -0.4 is 0 Å². The zero-order chi connectivity index (χ0) is 13.1. The van der Waals surface area contributed by atoms with E-state index < -0.39 is 11.6 Å². The molecular weight excluding hydrogens is 222 g/mol. The summed E-state index contributed by atoms with van der Waals surface area (Å²) in [7, 11) is 0. The van der Waals surface area contributed by atoms with E-state index in [0.29, 0.717) is 25.9 Å². The SMILES string of the molecule is CC(C)(C)OC(=O)N1CCC[C@@H](C(=O)O)CC1. The molecule has 1 atom stereocenters. The average molecular weight is 243 g/mol. The molecule has 0 aromatic carbocycles. The lowest BCUT2D eigenvalue weighted by Crippen LogP contribution is -2.37. The van der Waals surface area contributed by atoms with Crippen molar-refractivity contribution in [3.05, 3.63) is 0 Å². The topological polar surface area (TPSA) is 66.8 Å². The Labute approximate surface area is 102 Å². The number of likely N-dealkylation sites (tertiary alicyclic amines) is 1. The van der Waals surface area contributed by atoms with Crippen molar-refractivity contribution >= 4 is 12.1 Å². The highest BCUT2D eigenvalue weighted by Crippen LogP contribution is 2.19. The smallest absolute Gasteiger partial charge is 0.410 e. The second-order valence-electron chi connectivity index (χ2n) is 5.43. The predicted octanol–water partition coefficient (Wildman–Crippen LogP) is 2.11. The first kappa shape index (κ1) is 13.8. The zero-order valence-electron chi connectivity index (χ0n) is 10.7. The van der Waals surface area contributed by atoms with E-state index in [1.54, 1.807) is 4.90 Å². The van der Waals surface area contributed by atoms with E-state index in [4.69, 9.17) is 9.84 Å². The molecular formula is C12H21NO4. The van der Waals surface area contributed by atoms with Crippen LogP contribution in [0.3, 0.4) is 0 Å². The molecule has 5 heteroatoms. The Morgan fingerprint density at radius 1 is 1.24 bits per heavy atom. The van der Waals surface area contributed by atoms with Gasteiger partial charge in [0.25, 0.3) is 0 Å². The minimum atomic E-state index is -0.768. The summed E-state index contributed by atoms with van der Waals surface area (Å²) in [5.41, 5.74) is -0.504. The van der Waals surface area contributed by atoms with Crippen molar-refractivity contribution in [1.82, 2.24) is 4.90 Å². The molecule has 1 fully saturated rings. The summed E-state index contributed by atoms with van der Waals surface area (Å²) in [5.74, 6) is -1.10. The van der Waals surface area contributed by atoms with Gasteiger partial charge in [-0.25, -0.2) is 4.79 Å². The molecule has 0 aromatic heterocycles. The number of nitrogens with zero attached hydrogens (tertiary/aromatic N) is 1. The molecule has 0 spiro atoms. The van der Waals surface area contributed by atoms with E-state index in [0.717, 1.165) is 6.42 Å². The van der Waals surface area contributed by atoms with Gasteiger partial charge < -0.3 is 14.7 Å². The predicted molar refractivity (Wildman–Crippen MR) is 62.8 cm³/mol. The number of rotatable bonds is 1. The lowest BCUT2D eigenvalue weighted by molar-refractivity contribution is -0.142. The molecule has 1 aliphatic heterocycles. The van der Waals surface area contributed by atoms with E-state index in [-0.39, 0.29) is 12.0 Å². The number of hydrogen-bond donors (Lipinski definition) is 1. The van der Waals surface area contributed by atoms with E-state index >= 15 is 0 Å². The van der Waals surface area contributed by atoms with Crippen molar-refractivity contribution in [2.75, 3.05) is 13.1 Å². The molecule has 1 rings (SSSR count). The molecule has 0 bridgehead atoms. The van der Waals surface area contributed by atoms with Crippen LogP contribution in [0.15, 0.2) is 0 Å². The van der Waals surface area contributed by atoms with E-state index in [1.165, 1.54) is 0 Å². The number of hydrogen-bond acceptors (Lipinski definition) is 3. The molecule has 1 aliphatic rings. The minimum absolute atomic E-state index is 0.331. The zero-order valence-corrected chi connectivity index (χ0v) is 10.7. The van der Waals surface area contributed by atoms with Crippen molar-refractivity contribution < 1.29 is 19.4 Å². The van der Waals surface area contributed by atoms with Gasteiger partial charge in [-0.05, 0) is 40.0 Å². The maximum absolute atomic E-state index is 11.8. The largest absolute Gasteiger partial charge is 0.481 e. The Morgan fingerprint density at radius 2 is 1.88 bits per heavy atom. The number of carboxylic acids is 1. The van der Waals surface area contributed by atoms with E-state index in [1.807, 2.05) is 20.8 Å². The van der Waals surface area contributed by atoms with Gasteiger partial charge in [0.05, 0.1) is 5.92 Å². The Bertz CT molecular complexity index is 295. The van der Waals surface area contributed by atoms with Crippen LogP contribution in [0, 0.1) is 5.92 Å². The Balaban J connectivity index is 2.51. The first-order valence-corrected chi connectivity index (χ1v) is 6.00. The Kier molecular flexibility index (Phi) is 4.37. The quantitative estimate of drug-likeness (QED) is 0.766. The van der Waals surface area contributed by atoms with Crippen molar-refractivity contribution in [3.63, 3.8) is 0 Å². The van der Waals surface area contributed by atoms with Crippen molar-refractivity contribution in [3.8, 4) is 0 Å². The fourth-order valence-corrected chi connectivity index (χ4v) is 1.85. The van der Waals surface area contributed by atoms with Gasteiger partial charge >= 0.3 is 12.1 Å². The number of ether oxygens (including phenoxy) is 1. The molecule has 0 unspecified atom stereocenters. The van der Waals surface area contributed by atoms with Crippen LogP contribution in [0.1, 0.15) is 40.0 Å². The van der Waals surface area contributed by atoms with Gasteiger partial charge in [0.2, 0.25) is 0 Å². The summed E-state index contributed by atoms with van der Waals surface area (Å²) < 4.78 is 5.27. The van der Waals surface area contributed by atoms with Gasteiger partial charge in [-0.15, -0.1) is 0 Å². The van der Waals surface area contributed by atoms with Gasteiger partial charge in [-0.2, -0.15) is 0 Å². The summed E-state index contributed by atoms with van der Waals surface area (Å²) in [6.45, 7) is 6.51. The summed E-state index contributed by atoms with van der Waals surface area (Å²) >= 11 is 0. The maximum Gasteiger partial charge on any atom is 0.410 e. The molecule has 0 saturated carbocycles. The van der Waals surface area contributed by atoms with Crippen LogP contribution in [0.5, 0.6) is 0 Å². The van der Waals surface area contributed by atoms with E-state index in [2.05, 4.69) is 0 Å². The summed E-state index contributed by atoms with van der Waals surface area (Å²) in [4.78, 5) is 24.3. The normalized spacial score (nSPS) is 21.8. The number of aliphatic carboxylic acids is 1. The van der Waals surface area contributed by atoms with Crippen molar-refractivity contribution in [2.45, 2.75) is 45.6 Å². The molecule has 98 valence electrons. The number of amides is 1. The molecule has 1 heterocycles. The van der Waals surface area contributed by atoms with Gasteiger partial charge in [0, 0.05) is 13.1 Å². The summed E-state index contributed by atoms with van der Waals surface area (Å²) in [5, 5.41) is 8.94. The minimum Gasteiger partial charge on any atom is -0.481 e. The van der Waals surface area contributed by atoms with Gasteiger partial charge in [0.15, 0.2) is 0 Å². The van der Waals surface area contributed by atoms with Gasteiger partial charge in [-0.1, -0.05) is 0 Å². The van der Waals surface area contributed by atoms with Crippen LogP contribution in [0.25, 0.3) is 0 Å². The summed E-state index contributed by atoms with van der Waals surface area (Å²) in [6.07, 6.45) is 1.52. The van der Waals surface area contributed by atoms with Crippen molar-refractivity contribution in [1.29, 1.82) is 0 Å². The molecule has 0 aromatic rings. The number of carbonyl (C=O) groups is 2. The molecule has 0 aliphatic carbocycles. The molecule has 5 nitrogen and oxygen atoms in total. The lowest BCUT2D eigenvalue weighted by atomic mass is 10.0. The molecule has 1 N–H and O–H groups in total. The van der Waals surface area contributed by atoms with Crippen molar-refractivity contribution in [2.24, 2.45) is 5.92 Å². The molecule has 17 heavy (non-hydrogen) atoms. The van der Waals surface area contributed by atoms with Crippen LogP contribution >= 0.6 is 0 Å². The van der Waals surface area contributed by atoms with Crippen LogP contribution in [-0.2, 0) is 9.53 Å². The molecule has 1 amide bonds. The monoisotopic (exact) mass is 243 g/mol. The number of carboxylic acid groups (broad SMARTS) is 1. The third kappa shape index (κ3) is 4.63. The van der Waals surface area contributed by atoms with Gasteiger partial charge in [0.1, 0.15) is 5.60 Å². The Hall–Kier alpha value is -1.26. The highest BCUT2D eigenvalue weighted by atomic mass is 16.6. The lowest BCUT2D eigenvalue weighted by Gasteiger charge is -2.26. The second kappa shape index (κ2) is 5.38. The fraction of sp³-hybridized carbons (Fsp3) is 0.833. The van der Waals surface area contributed by atoms with Crippen LogP contribution in [0.4, 0.5) is 4.79 Å². The van der Waals surface area contributed by atoms with Crippen LogP contribution in [-0.4, -0.2) is 40.8 Å². The maximum atomic E-state index is 11.8. The third-order valence-electron chi connectivity index (χ3n) is 2.73. The fourth-order valence-electron chi connectivity index (χ4n) is 1.85. The highest BCUT2D eigenvalue weighted by Gasteiger charge is 2.27. The van der Waals surface area contributed by atoms with Crippen LogP contribution in [0.2, 0.25) is 0 Å². The standard InChI is InChI=1S/C12H21NO4/c1-12(2,3)17-11(16)13-7-4-5-9(6-8-13)10(14)15/h9H,4-8H2,1-3H3,(H,14,15)/t9-/m1/s1. The first-order chi connectivity index (χ1) is 7.79. The molecule has 1 saturated heterocycles.